The third-order valence-electron chi connectivity index (χ3n) is 3.89. The van der Waals surface area contributed by atoms with Crippen LogP contribution in [-0.4, -0.2) is 56.3 Å². The van der Waals surface area contributed by atoms with Crippen molar-refractivity contribution in [1.29, 1.82) is 0 Å². The van der Waals surface area contributed by atoms with E-state index >= 15 is 0 Å². The Morgan fingerprint density at radius 2 is 1.95 bits per heavy atom. The minimum atomic E-state index is -0.444. The molecule has 1 fully saturated rings. The van der Waals surface area contributed by atoms with Gasteiger partial charge in [0.1, 0.15) is 11.4 Å². The number of nitrogens with zero attached hydrogens (tertiary/aromatic N) is 2. The van der Waals surface area contributed by atoms with E-state index in [0.717, 1.165) is 13.1 Å². The molecule has 0 atom stereocenters. The first-order chi connectivity index (χ1) is 10.7. The van der Waals surface area contributed by atoms with E-state index < -0.39 is 5.97 Å². The molecule has 122 valence electrons. The van der Waals surface area contributed by atoms with Gasteiger partial charge in [0.2, 0.25) is 5.88 Å². The van der Waals surface area contributed by atoms with Crippen molar-refractivity contribution in [3.8, 4) is 5.88 Å². The molecule has 1 saturated heterocycles. The first kappa shape index (κ1) is 16.5. The highest BCUT2D eigenvalue weighted by molar-refractivity contribution is 5.92. The Balaban J connectivity index is 1.88. The lowest BCUT2D eigenvalue weighted by Crippen LogP contribution is -2.30. The minimum absolute atomic E-state index is 0.284. The van der Waals surface area contributed by atoms with Crippen molar-refractivity contribution in [2.45, 2.75) is 25.7 Å². The van der Waals surface area contributed by atoms with Crippen LogP contribution < -0.4 is 10.1 Å². The summed E-state index contributed by atoms with van der Waals surface area (Å²) in [7, 11) is 2.84. The fraction of sp³-hybridized carbons (Fsp3) is 0.625. The number of hydrogen-bond donors (Lipinski definition) is 1. The van der Waals surface area contributed by atoms with Crippen molar-refractivity contribution in [2.75, 3.05) is 45.7 Å². The lowest BCUT2D eigenvalue weighted by molar-refractivity contribution is 0.0596. The molecule has 1 aromatic heterocycles. The molecule has 1 N–H and O–H groups in total. The molecule has 0 aliphatic carbocycles. The van der Waals surface area contributed by atoms with E-state index in [1.54, 1.807) is 12.1 Å². The molecule has 0 saturated carbocycles. The van der Waals surface area contributed by atoms with E-state index in [2.05, 4.69) is 15.2 Å². The predicted octanol–water partition coefficient (Wildman–Crippen LogP) is 2.16. The number of esters is 1. The normalized spacial score (nSPS) is 15.9. The molecule has 6 nitrogen and oxygen atoms in total. The summed E-state index contributed by atoms with van der Waals surface area (Å²) in [4.78, 5) is 18.4. The van der Waals surface area contributed by atoms with Crippen molar-refractivity contribution in [2.24, 2.45) is 0 Å². The molecule has 0 radical (unpaired) electrons. The zero-order valence-electron chi connectivity index (χ0n) is 13.4. The Morgan fingerprint density at radius 1 is 1.23 bits per heavy atom. The van der Waals surface area contributed by atoms with Crippen LogP contribution in [-0.2, 0) is 4.74 Å². The maximum absolute atomic E-state index is 11.6. The van der Waals surface area contributed by atoms with Crippen LogP contribution in [0.1, 0.15) is 36.0 Å². The molecule has 1 aromatic rings. The second kappa shape index (κ2) is 8.58. The lowest BCUT2D eigenvalue weighted by Gasteiger charge is -2.20. The molecular formula is C16H25N3O3. The van der Waals surface area contributed by atoms with Crippen molar-refractivity contribution in [3.05, 3.63) is 17.7 Å². The van der Waals surface area contributed by atoms with Gasteiger partial charge in [-0.25, -0.2) is 4.79 Å². The summed E-state index contributed by atoms with van der Waals surface area (Å²) in [6.45, 7) is 4.19. The molecule has 1 aliphatic heterocycles. The Kier molecular flexibility index (Phi) is 6.45. The summed E-state index contributed by atoms with van der Waals surface area (Å²) in [5, 5.41) is 3.29. The number of carbonyl (C=O) groups is 1. The van der Waals surface area contributed by atoms with Gasteiger partial charge in [-0.3, -0.25) is 0 Å². The average Bonchev–Trinajstić information content (AvgIpc) is 2.82. The van der Waals surface area contributed by atoms with Crippen LogP contribution in [0.3, 0.4) is 0 Å². The largest absolute Gasteiger partial charge is 0.480 e. The highest BCUT2D eigenvalue weighted by atomic mass is 16.5. The lowest BCUT2D eigenvalue weighted by atomic mass is 10.2. The van der Waals surface area contributed by atoms with Gasteiger partial charge in [-0.05, 0) is 38.1 Å². The van der Waals surface area contributed by atoms with Crippen LogP contribution in [0.5, 0.6) is 5.88 Å². The number of aromatic nitrogens is 1. The minimum Gasteiger partial charge on any atom is -0.480 e. The molecular weight excluding hydrogens is 282 g/mol. The van der Waals surface area contributed by atoms with Crippen LogP contribution in [0.2, 0.25) is 0 Å². The van der Waals surface area contributed by atoms with E-state index in [1.165, 1.54) is 53.0 Å². The zero-order chi connectivity index (χ0) is 15.8. The number of methoxy groups -OCH3 is 2. The number of carbonyl (C=O) groups excluding carboxylic acids is 1. The second-order valence-electron chi connectivity index (χ2n) is 5.43. The van der Waals surface area contributed by atoms with Crippen LogP contribution >= 0.6 is 0 Å². The average molecular weight is 307 g/mol. The fourth-order valence-electron chi connectivity index (χ4n) is 2.66. The second-order valence-corrected chi connectivity index (χ2v) is 5.43. The fourth-order valence-corrected chi connectivity index (χ4v) is 2.66. The monoisotopic (exact) mass is 307 g/mol. The van der Waals surface area contributed by atoms with Crippen molar-refractivity contribution in [1.82, 2.24) is 9.88 Å². The Morgan fingerprint density at radius 3 is 2.59 bits per heavy atom. The van der Waals surface area contributed by atoms with Gasteiger partial charge >= 0.3 is 5.97 Å². The number of likely N-dealkylation sites (tertiary alicyclic amines) is 1. The Labute approximate surface area is 131 Å². The van der Waals surface area contributed by atoms with E-state index in [4.69, 9.17) is 9.47 Å². The maximum Gasteiger partial charge on any atom is 0.343 e. The summed E-state index contributed by atoms with van der Waals surface area (Å²) >= 11 is 0. The predicted molar refractivity (Wildman–Crippen MR) is 85.5 cm³/mol. The maximum atomic E-state index is 11.6. The number of rotatable bonds is 6. The number of hydrogen-bond acceptors (Lipinski definition) is 6. The first-order valence-corrected chi connectivity index (χ1v) is 7.84. The number of anilines is 1. The zero-order valence-corrected chi connectivity index (χ0v) is 13.4. The Bertz CT molecular complexity index is 486. The van der Waals surface area contributed by atoms with Gasteiger partial charge in [-0.1, -0.05) is 12.8 Å². The summed E-state index contributed by atoms with van der Waals surface area (Å²) in [6.07, 6.45) is 5.27. The number of pyridine rings is 1. The molecule has 0 aromatic carbocycles. The van der Waals surface area contributed by atoms with Gasteiger partial charge in [-0.15, -0.1) is 0 Å². The molecule has 0 bridgehead atoms. The highest BCUT2D eigenvalue weighted by Crippen LogP contribution is 2.19. The van der Waals surface area contributed by atoms with Gasteiger partial charge in [0.05, 0.1) is 14.2 Å². The standard InChI is InChI=1S/C16H25N3O3/c1-21-15-13(16(20)22-2)7-8-14(18-15)17-9-12-19-10-5-3-4-6-11-19/h7-8H,3-6,9-12H2,1-2H3,(H,17,18). The summed E-state index contributed by atoms with van der Waals surface area (Å²) in [6, 6.07) is 3.45. The highest BCUT2D eigenvalue weighted by Gasteiger charge is 2.15. The summed E-state index contributed by atoms with van der Waals surface area (Å²) in [5.41, 5.74) is 0.336. The molecule has 0 spiro atoms. The number of ether oxygens (including phenoxy) is 2. The third-order valence-corrected chi connectivity index (χ3v) is 3.89. The van der Waals surface area contributed by atoms with E-state index in [1.807, 2.05) is 0 Å². The van der Waals surface area contributed by atoms with Gasteiger partial charge < -0.3 is 19.7 Å². The molecule has 1 aliphatic rings. The SMILES string of the molecule is COC(=O)c1ccc(NCCN2CCCCCC2)nc1OC. The van der Waals surface area contributed by atoms with Gasteiger partial charge in [0, 0.05) is 13.1 Å². The van der Waals surface area contributed by atoms with E-state index in [-0.39, 0.29) is 5.88 Å². The summed E-state index contributed by atoms with van der Waals surface area (Å²) in [5.74, 6) is 0.548. The van der Waals surface area contributed by atoms with Gasteiger partial charge in [0.15, 0.2) is 0 Å². The van der Waals surface area contributed by atoms with Crippen molar-refractivity contribution >= 4 is 11.8 Å². The van der Waals surface area contributed by atoms with Crippen LogP contribution in [0.4, 0.5) is 5.82 Å². The topological polar surface area (TPSA) is 63.7 Å². The molecule has 2 heterocycles. The number of nitrogens with one attached hydrogen (secondary N) is 1. The van der Waals surface area contributed by atoms with Crippen LogP contribution in [0, 0.1) is 0 Å². The quantitative estimate of drug-likeness (QED) is 0.813. The third kappa shape index (κ3) is 4.59. The van der Waals surface area contributed by atoms with Crippen LogP contribution in [0.25, 0.3) is 0 Å². The summed E-state index contributed by atoms with van der Waals surface area (Å²) < 4.78 is 9.86. The van der Waals surface area contributed by atoms with Crippen molar-refractivity contribution < 1.29 is 14.3 Å². The van der Waals surface area contributed by atoms with E-state index in [9.17, 15) is 4.79 Å². The molecule has 6 heteroatoms. The molecule has 22 heavy (non-hydrogen) atoms. The van der Waals surface area contributed by atoms with Gasteiger partial charge in [0.25, 0.3) is 0 Å². The van der Waals surface area contributed by atoms with E-state index in [0.29, 0.717) is 11.4 Å². The molecule has 0 amide bonds. The molecule has 2 rings (SSSR count). The van der Waals surface area contributed by atoms with Crippen molar-refractivity contribution in [3.63, 3.8) is 0 Å². The van der Waals surface area contributed by atoms with Gasteiger partial charge in [-0.2, -0.15) is 4.98 Å². The Hall–Kier alpha value is -1.82. The smallest absolute Gasteiger partial charge is 0.343 e. The van der Waals surface area contributed by atoms with Crippen LogP contribution in [0.15, 0.2) is 12.1 Å². The molecule has 0 unspecified atom stereocenters. The first-order valence-electron chi connectivity index (χ1n) is 7.84.